The van der Waals surface area contributed by atoms with E-state index in [0.717, 1.165) is 23.5 Å². The highest BCUT2D eigenvalue weighted by Gasteiger charge is 2.06. The Morgan fingerprint density at radius 1 is 1.24 bits per heavy atom. The number of hydrogen-bond donors (Lipinski definition) is 2. The van der Waals surface area contributed by atoms with E-state index < -0.39 is 0 Å². The van der Waals surface area contributed by atoms with Gasteiger partial charge in [0.05, 0.1) is 0 Å². The molecule has 2 rings (SSSR count). The number of nitrogens with two attached hydrogens (primary N) is 1. The van der Waals surface area contributed by atoms with Gasteiger partial charge in [0, 0.05) is 17.5 Å². The topological polar surface area (TPSA) is 76.7 Å². The van der Waals surface area contributed by atoms with Gasteiger partial charge in [0.1, 0.15) is 11.5 Å². The number of anilines is 1. The molecule has 5 nitrogen and oxygen atoms in total. The normalized spacial score (nSPS) is 10.3. The highest BCUT2D eigenvalue weighted by atomic mass is 15.3. The highest BCUT2D eigenvalue weighted by Crippen LogP contribution is 2.16. The van der Waals surface area contributed by atoms with Crippen LogP contribution in [0.25, 0.3) is 11.5 Å². The minimum absolute atomic E-state index is 0.598. The fraction of sp³-hybridized carbons (Fsp3) is 0.250. The molecular formula is C12H15N5. The van der Waals surface area contributed by atoms with Gasteiger partial charge in [-0.05, 0) is 25.5 Å². The van der Waals surface area contributed by atoms with Crippen LogP contribution in [0.1, 0.15) is 18.3 Å². The van der Waals surface area contributed by atoms with Gasteiger partial charge in [0.2, 0.25) is 0 Å². The second-order valence-electron chi connectivity index (χ2n) is 3.73. The van der Waals surface area contributed by atoms with Gasteiger partial charge in [0.15, 0.2) is 5.82 Å². The van der Waals surface area contributed by atoms with Crippen molar-refractivity contribution < 1.29 is 0 Å². The predicted octanol–water partition coefficient (Wildman–Crippen LogP) is 1.70. The molecule has 0 aliphatic rings. The van der Waals surface area contributed by atoms with Crippen LogP contribution in [0.3, 0.4) is 0 Å². The van der Waals surface area contributed by atoms with Crippen LogP contribution in [0.4, 0.5) is 5.82 Å². The third kappa shape index (κ3) is 2.57. The molecule has 2 aromatic rings. The monoisotopic (exact) mass is 229 g/mol. The Morgan fingerprint density at radius 3 is 2.71 bits per heavy atom. The molecule has 0 saturated carbocycles. The van der Waals surface area contributed by atoms with E-state index in [1.165, 1.54) is 0 Å². The summed E-state index contributed by atoms with van der Waals surface area (Å²) in [5.41, 5.74) is 5.18. The van der Waals surface area contributed by atoms with Crippen LogP contribution in [0, 0.1) is 6.92 Å². The summed E-state index contributed by atoms with van der Waals surface area (Å²) in [4.78, 5) is 13.1. The van der Waals surface area contributed by atoms with Gasteiger partial charge in [-0.15, -0.1) is 0 Å². The van der Waals surface area contributed by atoms with Gasteiger partial charge >= 0.3 is 0 Å². The van der Waals surface area contributed by atoms with E-state index in [4.69, 9.17) is 5.84 Å². The molecule has 0 bridgehead atoms. The molecule has 17 heavy (non-hydrogen) atoms. The van der Waals surface area contributed by atoms with E-state index in [0.29, 0.717) is 11.6 Å². The van der Waals surface area contributed by atoms with Crippen molar-refractivity contribution in [1.82, 2.24) is 15.0 Å². The number of hydrazine groups is 1. The summed E-state index contributed by atoms with van der Waals surface area (Å²) in [6, 6.07) is 7.60. The van der Waals surface area contributed by atoms with Crippen molar-refractivity contribution in [2.45, 2.75) is 20.3 Å². The van der Waals surface area contributed by atoms with Crippen molar-refractivity contribution in [3.8, 4) is 11.5 Å². The molecule has 0 unspecified atom stereocenters. The number of aryl methyl sites for hydroxylation is 2. The molecule has 0 atom stereocenters. The number of nitrogens with one attached hydrogen (secondary N) is 1. The summed E-state index contributed by atoms with van der Waals surface area (Å²) in [5, 5.41) is 0. The lowest BCUT2D eigenvalue weighted by atomic mass is 10.2. The Bertz CT molecular complexity index is 502. The quantitative estimate of drug-likeness (QED) is 0.618. The largest absolute Gasteiger partial charge is 0.308 e. The Morgan fingerprint density at radius 2 is 2.06 bits per heavy atom. The van der Waals surface area contributed by atoms with Crippen molar-refractivity contribution >= 4 is 5.82 Å². The van der Waals surface area contributed by atoms with Gasteiger partial charge in [-0.2, -0.15) is 0 Å². The smallest absolute Gasteiger partial charge is 0.180 e. The molecule has 0 aliphatic heterocycles. The van der Waals surface area contributed by atoms with Crippen LogP contribution in [-0.2, 0) is 6.42 Å². The maximum absolute atomic E-state index is 5.39. The van der Waals surface area contributed by atoms with E-state index in [1.54, 1.807) is 0 Å². The van der Waals surface area contributed by atoms with Gasteiger partial charge in [-0.1, -0.05) is 13.0 Å². The second-order valence-corrected chi connectivity index (χ2v) is 3.73. The number of nitrogens with zero attached hydrogens (tertiary/aromatic N) is 3. The third-order valence-electron chi connectivity index (χ3n) is 2.41. The molecule has 3 N–H and O–H groups in total. The minimum atomic E-state index is 0.598. The summed E-state index contributed by atoms with van der Waals surface area (Å²) in [6.45, 7) is 3.98. The molecule has 0 aromatic carbocycles. The summed E-state index contributed by atoms with van der Waals surface area (Å²) >= 11 is 0. The highest BCUT2D eigenvalue weighted by molar-refractivity contribution is 5.53. The molecule has 0 fully saturated rings. The lowest BCUT2D eigenvalue weighted by Gasteiger charge is -2.06. The van der Waals surface area contributed by atoms with Crippen LogP contribution in [0.5, 0.6) is 0 Å². The lowest BCUT2D eigenvalue weighted by Crippen LogP contribution is -2.10. The number of hydrogen-bond acceptors (Lipinski definition) is 5. The van der Waals surface area contributed by atoms with Gasteiger partial charge in [-0.3, -0.25) is 0 Å². The number of nitrogen functional groups attached to an aromatic ring is 1. The van der Waals surface area contributed by atoms with Crippen LogP contribution in [0.2, 0.25) is 0 Å². The average Bonchev–Trinajstić information content (AvgIpc) is 2.38. The lowest BCUT2D eigenvalue weighted by molar-refractivity contribution is 0.992. The van der Waals surface area contributed by atoms with Crippen molar-refractivity contribution in [2.24, 2.45) is 5.84 Å². The predicted molar refractivity (Wildman–Crippen MR) is 67.2 cm³/mol. The summed E-state index contributed by atoms with van der Waals surface area (Å²) in [5.74, 6) is 6.59. The molecule has 0 saturated heterocycles. The zero-order valence-corrected chi connectivity index (χ0v) is 9.94. The molecule has 0 aliphatic carbocycles. The minimum Gasteiger partial charge on any atom is -0.308 e. The van der Waals surface area contributed by atoms with E-state index in [-0.39, 0.29) is 0 Å². The van der Waals surface area contributed by atoms with Crippen LogP contribution >= 0.6 is 0 Å². The molecule has 2 aromatic heterocycles. The maximum atomic E-state index is 5.39. The van der Waals surface area contributed by atoms with E-state index in [2.05, 4.69) is 20.4 Å². The molecule has 2 heterocycles. The summed E-state index contributed by atoms with van der Waals surface area (Å²) < 4.78 is 0. The Labute approximate surface area is 100 Å². The molecule has 0 spiro atoms. The first-order valence-corrected chi connectivity index (χ1v) is 5.51. The second kappa shape index (κ2) is 4.88. The summed E-state index contributed by atoms with van der Waals surface area (Å²) in [7, 11) is 0. The Hall–Kier alpha value is -2.01. The average molecular weight is 229 g/mol. The molecule has 0 radical (unpaired) electrons. The van der Waals surface area contributed by atoms with Gasteiger partial charge < -0.3 is 5.43 Å². The van der Waals surface area contributed by atoms with Gasteiger partial charge in [-0.25, -0.2) is 20.8 Å². The van der Waals surface area contributed by atoms with Crippen molar-refractivity contribution in [3.63, 3.8) is 0 Å². The number of pyridine rings is 1. The standard InChI is InChI=1S/C12H15N5/c1-3-9-7-11(17-13)16-12(15-9)10-6-4-5-8(2)14-10/h4-7H,3,13H2,1-2H3,(H,15,16,17). The Balaban J connectivity index is 2.50. The fourth-order valence-electron chi connectivity index (χ4n) is 1.53. The molecular weight excluding hydrogens is 214 g/mol. The number of aromatic nitrogens is 3. The van der Waals surface area contributed by atoms with Gasteiger partial charge in [0.25, 0.3) is 0 Å². The molecule has 0 amide bonds. The van der Waals surface area contributed by atoms with Crippen LogP contribution in [-0.4, -0.2) is 15.0 Å². The third-order valence-corrected chi connectivity index (χ3v) is 2.41. The van der Waals surface area contributed by atoms with E-state index in [1.807, 2.05) is 38.1 Å². The summed E-state index contributed by atoms with van der Waals surface area (Å²) in [6.07, 6.45) is 0.829. The maximum Gasteiger partial charge on any atom is 0.180 e. The van der Waals surface area contributed by atoms with Crippen molar-refractivity contribution in [1.29, 1.82) is 0 Å². The van der Waals surface area contributed by atoms with E-state index >= 15 is 0 Å². The first kappa shape index (κ1) is 11.5. The molecule has 88 valence electrons. The van der Waals surface area contributed by atoms with Crippen LogP contribution in [0.15, 0.2) is 24.3 Å². The fourth-order valence-corrected chi connectivity index (χ4v) is 1.53. The number of rotatable bonds is 3. The molecule has 5 heteroatoms. The van der Waals surface area contributed by atoms with Crippen LogP contribution < -0.4 is 11.3 Å². The Kier molecular flexibility index (Phi) is 3.30. The zero-order chi connectivity index (χ0) is 12.3. The first-order chi connectivity index (χ1) is 8.22. The SMILES string of the molecule is CCc1cc(NN)nc(-c2cccc(C)n2)n1. The van der Waals surface area contributed by atoms with Crippen molar-refractivity contribution in [3.05, 3.63) is 35.7 Å². The van der Waals surface area contributed by atoms with E-state index in [9.17, 15) is 0 Å². The first-order valence-electron chi connectivity index (χ1n) is 5.51. The zero-order valence-electron chi connectivity index (χ0n) is 9.94. The van der Waals surface area contributed by atoms with Crippen molar-refractivity contribution in [2.75, 3.05) is 5.43 Å².